The molecule has 2 aromatic rings. The third-order valence-corrected chi connectivity index (χ3v) is 5.95. The molecule has 1 saturated heterocycles. The first-order valence-corrected chi connectivity index (χ1v) is 10.1. The fourth-order valence-electron chi connectivity index (χ4n) is 3.31. The van der Waals surface area contributed by atoms with E-state index in [4.69, 9.17) is 0 Å². The molecule has 0 radical (unpaired) electrons. The zero-order chi connectivity index (χ0) is 19.6. The van der Waals surface area contributed by atoms with Crippen molar-refractivity contribution in [1.29, 1.82) is 0 Å². The van der Waals surface area contributed by atoms with Gasteiger partial charge < -0.3 is 9.80 Å². The first-order valence-electron chi connectivity index (χ1n) is 9.08. The van der Waals surface area contributed by atoms with Gasteiger partial charge in [0.05, 0.1) is 18.5 Å². The molecule has 28 heavy (non-hydrogen) atoms. The minimum absolute atomic E-state index is 0.0749. The number of H-pyrrole nitrogens is 1. The predicted molar refractivity (Wildman–Crippen MR) is 105 cm³/mol. The molecule has 150 valence electrons. The Hall–Kier alpha value is -2.20. The summed E-state index contributed by atoms with van der Waals surface area (Å²) >= 11 is 1.73. The summed E-state index contributed by atoms with van der Waals surface area (Å²) in [4.78, 5) is 11.8. The van der Waals surface area contributed by atoms with Gasteiger partial charge in [-0.25, -0.2) is 4.98 Å². The van der Waals surface area contributed by atoms with Crippen LogP contribution in [0.3, 0.4) is 0 Å². The van der Waals surface area contributed by atoms with E-state index in [2.05, 4.69) is 31.2 Å². The van der Waals surface area contributed by atoms with Crippen molar-refractivity contribution in [3.05, 3.63) is 42.5 Å². The van der Waals surface area contributed by atoms with E-state index in [9.17, 15) is 13.2 Å². The monoisotopic (exact) mass is 410 g/mol. The molecule has 0 amide bonds. The quantitative estimate of drug-likeness (QED) is 0.816. The molecule has 10 heteroatoms. The molecule has 0 unspecified atom stereocenters. The van der Waals surface area contributed by atoms with Crippen LogP contribution in [0.25, 0.3) is 4.91 Å². The van der Waals surface area contributed by atoms with Gasteiger partial charge in [0.1, 0.15) is 5.82 Å². The Morgan fingerprint density at radius 1 is 1.18 bits per heavy atom. The lowest BCUT2D eigenvalue weighted by molar-refractivity contribution is -0.138. The average molecular weight is 410 g/mol. The third kappa shape index (κ3) is 4.61. The largest absolute Gasteiger partial charge is 0.390 e. The van der Waals surface area contributed by atoms with Gasteiger partial charge >= 0.3 is 6.18 Å². The highest BCUT2D eigenvalue weighted by molar-refractivity contribution is 8.08. The fraction of sp³-hybridized carbons (Fsp3) is 0.444. The molecule has 0 spiro atoms. The van der Waals surface area contributed by atoms with Gasteiger partial charge in [-0.05, 0) is 6.07 Å². The summed E-state index contributed by atoms with van der Waals surface area (Å²) in [6.07, 6.45) is 2.68. The average Bonchev–Trinajstić information content (AvgIpc) is 3.38. The smallest absolute Gasteiger partial charge is 0.369 e. The van der Waals surface area contributed by atoms with E-state index in [1.54, 1.807) is 24.2 Å². The number of hydrogen-bond donors (Lipinski definition) is 1. The Morgan fingerprint density at radius 2 is 2.00 bits per heavy atom. The molecule has 4 heterocycles. The summed E-state index contributed by atoms with van der Waals surface area (Å²) in [7, 11) is 0. The molecule has 1 fully saturated rings. The molecule has 0 atom stereocenters. The molecule has 0 aromatic carbocycles. The number of halogens is 3. The van der Waals surface area contributed by atoms with Gasteiger partial charge in [0.15, 0.2) is 0 Å². The number of nitrogens with one attached hydrogen (secondary N) is 1. The summed E-state index contributed by atoms with van der Waals surface area (Å²) in [5.74, 6) is 1.64. The van der Waals surface area contributed by atoms with E-state index in [1.165, 1.54) is 0 Å². The van der Waals surface area contributed by atoms with Crippen molar-refractivity contribution in [3.63, 3.8) is 0 Å². The molecule has 0 saturated carbocycles. The lowest BCUT2D eigenvalue weighted by atomic mass is 10.2. The van der Waals surface area contributed by atoms with Crippen molar-refractivity contribution in [3.8, 4) is 0 Å². The van der Waals surface area contributed by atoms with E-state index in [0.717, 1.165) is 27.9 Å². The van der Waals surface area contributed by atoms with Crippen LogP contribution >= 0.6 is 11.8 Å². The second-order valence-corrected chi connectivity index (χ2v) is 7.78. The van der Waals surface area contributed by atoms with Crippen LogP contribution in [-0.2, 0) is 0 Å². The molecule has 4 rings (SSSR count). The van der Waals surface area contributed by atoms with Crippen molar-refractivity contribution < 1.29 is 13.2 Å². The number of piperazine rings is 1. The highest BCUT2D eigenvalue weighted by Crippen LogP contribution is 2.36. The molecule has 1 N–H and O–H groups in total. The predicted octanol–water partition coefficient (Wildman–Crippen LogP) is 3.39. The zero-order valence-electron chi connectivity index (χ0n) is 15.2. The third-order valence-electron chi connectivity index (χ3n) is 4.89. The number of aromatic amines is 1. The standard InChI is InChI=1S/C18H21F3N6S/c19-18(20,21)2-4-25-5-7-26(8-6-25)15-1-3-22-17(9-15)27-12-16(28-13-27)14-10-23-24-11-14/h1,3,9-12H,2,4-8,13H2,(H,23,24). The van der Waals surface area contributed by atoms with Gasteiger partial charge in [0.2, 0.25) is 0 Å². The van der Waals surface area contributed by atoms with Crippen molar-refractivity contribution in [2.75, 3.05) is 48.4 Å². The van der Waals surface area contributed by atoms with E-state index in [1.807, 2.05) is 23.2 Å². The second kappa shape index (κ2) is 8.04. The van der Waals surface area contributed by atoms with Gasteiger partial charge in [0.25, 0.3) is 0 Å². The first kappa shape index (κ1) is 19.1. The van der Waals surface area contributed by atoms with Crippen LogP contribution in [-0.4, -0.2) is 64.9 Å². The van der Waals surface area contributed by atoms with Crippen LogP contribution in [0.1, 0.15) is 12.0 Å². The maximum absolute atomic E-state index is 12.4. The minimum atomic E-state index is -4.09. The second-order valence-electron chi connectivity index (χ2n) is 6.79. The molecule has 2 aliphatic rings. The highest BCUT2D eigenvalue weighted by atomic mass is 32.2. The number of alkyl halides is 3. The molecule has 0 aliphatic carbocycles. The number of aromatic nitrogens is 3. The Labute approximate surface area is 165 Å². The lowest BCUT2D eigenvalue weighted by Gasteiger charge is -2.36. The minimum Gasteiger partial charge on any atom is -0.369 e. The van der Waals surface area contributed by atoms with Gasteiger partial charge in [-0.15, -0.1) is 11.8 Å². The van der Waals surface area contributed by atoms with Gasteiger partial charge in [-0.3, -0.25) is 10.00 Å². The molecule has 2 aliphatic heterocycles. The Balaban J connectivity index is 1.37. The summed E-state index contributed by atoms with van der Waals surface area (Å²) in [5, 5.41) is 6.81. The molecule has 0 bridgehead atoms. The summed E-state index contributed by atoms with van der Waals surface area (Å²) in [5.41, 5.74) is 2.11. The number of rotatable bonds is 5. The van der Waals surface area contributed by atoms with E-state index >= 15 is 0 Å². The van der Waals surface area contributed by atoms with Crippen LogP contribution in [0.2, 0.25) is 0 Å². The normalized spacial score (nSPS) is 18.6. The Bertz CT molecular complexity index is 815. The zero-order valence-corrected chi connectivity index (χ0v) is 16.0. The van der Waals surface area contributed by atoms with Crippen molar-refractivity contribution in [2.45, 2.75) is 12.6 Å². The van der Waals surface area contributed by atoms with E-state index < -0.39 is 12.6 Å². The Kier molecular flexibility index (Phi) is 5.49. The fourth-order valence-corrected chi connectivity index (χ4v) is 4.27. The van der Waals surface area contributed by atoms with Crippen molar-refractivity contribution in [2.24, 2.45) is 0 Å². The summed E-state index contributed by atoms with van der Waals surface area (Å²) < 4.78 is 37.2. The maximum Gasteiger partial charge on any atom is 0.390 e. The van der Waals surface area contributed by atoms with E-state index in [0.29, 0.717) is 26.2 Å². The van der Waals surface area contributed by atoms with Crippen LogP contribution in [0.4, 0.5) is 24.7 Å². The SMILES string of the molecule is FC(F)(F)CCN1CCN(c2ccnc(N3C=C(c4cn[nH]c4)SC3)c2)CC1. The highest BCUT2D eigenvalue weighted by Gasteiger charge is 2.29. The summed E-state index contributed by atoms with van der Waals surface area (Å²) in [6.45, 7) is 2.78. The van der Waals surface area contributed by atoms with Gasteiger partial charge in [0, 0.05) is 73.5 Å². The van der Waals surface area contributed by atoms with Crippen molar-refractivity contribution in [1.82, 2.24) is 20.1 Å². The van der Waals surface area contributed by atoms with Gasteiger partial charge in [-0.1, -0.05) is 0 Å². The topological polar surface area (TPSA) is 51.3 Å². The van der Waals surface area contributed by atoms with Crippen LogP contribution in [0, 0.1) is 0 Å². The Morgan fingerprint density at radius 3 is 2.71 bits per heavy atom. The maximum atomic E-state index is 12.4. The summed E-state index contributed by atoms with van der Waals surface area (Å²) in [6, 6.07) is 4.00. The molecule has 6 nitrogen and oxygen atoms in total. The van der Waals surface area contributed by atoms with Crippen molar-refractivity contribution >= 4 is 28.2 Å². The molecular formula is C18H21F3N6S. The van der Waals surface area contributed by atoms with E-state index in [-0.39, 0.29) is 6.54 Å². The number of nitrogens with zero attached hydrogens (tertiary/aromatic N) is 5. The first-order chi connectivity index (χ1) is 13.5. The number of pyridine rings is 1. The molecular weight excluding hydrogens is 389 g/mol. The molecule has 2 aromatic heterocycles. The van der Waals surface area contributed by atoms with Gasteiger partial charge in [-0.2, -0.15) is 18.3 Å². The number of hydrogen-bond acceptors (Lipinski definition) is 6. The van der Waals surface area contributed by atoms with Crippen LogP contribution in [0.15, 0.2) is 36.9 Å². The van der Waals surface area contributed by atoms with Crippen LogP contribution in [0.5, 0.6) is 0 Å². The number of anilines is 2. The van der Waals surface area contributed by atoms with Crippen LogP contribution < -0.4 is 9.80 Å². The number of thioether (sulfide) groups is 1. The lowest BCUT2D eigenvalue weighted by Crippen LogP contribution is -2.47.